The minimum absolute atomic E-state index is 0.0440. The summed E-state index contributed by atoms with van der Waals surface area (Å²) in [4.78, 5) is 19.8. The quantitative estimate of drug-likeness (QED) is 0.658. The smallest absolute Gasteiger partial charge is 0.248 e. The van der Waals surface area contributed by atoms with Crippen molar-refractivity contribution in [3.8, 4) is 0 Å². The first-order valence-electron chi connectivity index (χ1n) is 5.58. The summed E-state index contributed by atoms with van der Waals surface area (Å²) in [7, 11) is 1.97. The van der Waals surface area contributed by atoms with E-state index >= 15 is 0 Å². The van der Waals surface area contributed by atoms with E-state index in [0.29, 0.717) is 24.6 Å². The molecule has 0 aromatic carbocycles. The lowest BCUT2D eigenvalue weighted by atomic mass is 10.1. The van der Waals surface area contributed by atoms with Crippen LogP contribution in [0, 0.1) is 5.95 Å². The molecule has 1 amide bonds. The van der Waals surface area contributed by atoms with Gasteiger partial charge in [-0.05, 0) is 19.2 Å². The summed E-state index contributed by atoms with van der Waals surface area (Å²) >= 11 is 0. The van der Waals surface area contributed by atoms with Crippen LogP contribution in [0.3, 0.4) is 0 Å². The Bertz CT molecular complexity index is 479. The van der Waals surface area contributed by atoms with Crippen LogP contribution in [-0.4, -0.2) is 48.5 Å². The van der Waals surface area contributed by atoms with Crippen molar-refractivity contribution < 1.29 is 9.18 Å². The third-order valence-corrected chi connectivity index (χ3v) is 3.26. The van der Waals surface area contributed by atoms with Crippen molar-refractivity contribution in [3.63, 3.8) is 0 Å². The van der Waals surface area contributed by atoms with Gasteiger partial charge in [0.15, 0.2) is 5.82 Å². The maximum absolute atomic E-state index is 13.2. The van der Waals surface area contributed by atoms with Gasteiger partial charge in [-0.25, -0.2) is 4.98 Å². The number of fused-ring (bicyclic) bond motifs is 3. The maximum atomic E-state index is 13.2. The molecule has 2 aliphatic heterocycles. The summed E-state index contributed by atoms with van der Waals surface area (Å²) < 4.78 is 13.2. The number of halogens is 1. The van der Waals surface area contributed by atoms with E-state index in [1.807, 2.05) is 11.9 Å². The van der Waals surface area contributed by atoms with Crippen LogP contribution < -0.4 is 10.2 Å². The number of nitrogens with zero attached hydrogens (tertiary/aromatic N) is 3. The second-order valence-electron chi connectivity index (χ2n) is 4.47. The molecule has 1 atom stereocenters. The number of amides is 1. The van der Waals surface area contributed by atoms with Gasteiger partial charge >= 0.3 is 0 Å². The molecule has 0 bridgehead atoms. The third kappa shape index (κ3) is 1.64. The lowest BCUT2D eigenvalue weighted by Gasteiger charge is -2.43. The zero-order valence-electron chi connectivity index (χ0n) is 9.48. The Hall–Kier alpha value is -1.69. The van der Waals surface area contributed by atoms with Crippen LogP contribution in [0.2, 0.25) is 0 Å². The molecule has 6 heteroatoms. The number of anilines is 2. The Balaban J connectivity index is 2.03. The highest BCUT2D eigenvalue weighted by molar-refractivity contribution is 6.03. The van der Waals surface area contributed by atoms with Gasteiger partial charge in [-0.2, -0.15) is 4.39 Å². The van der Waals surface area contributed by atoms with Gasteiger partial charge in [0, 0.05) is 19.6 Å². The maximum Gasteiger partial charge on any atom is 0.248 e. The van der Waals surface area contributed by atoms with E-state index in [2.05, 4.69) is 15.2 Å². The van der Waals surface area contributed by atoms with Crippen LogP contribution in [0.1, 0.15) is 0 Å². The van der Waals surface area contributed by atoms with Crippen molar-refractivity contribution in [2.45, 2.75) is 6.04 Å². The number of carbonyl (C=O) groups excluding carboxylic acids is 1. The van der Waals surface area contributed by atoms with E-state index in [1.54, 1.807) is 6.07 Å². The predicted octanol–water partition coefficient (Wildman–Crippen LogP) is 0.293. The molecule has 3 rings (SSSR count). The van der Waals surface area contributed by atoms with Crippen LogP contribution in [-0.2, 0) is 4.79 Å². The highest BCUT2D eigenvalue weighted by Gasteiger charge is 2.37. The van der Waals surface area contributed by atoms with E-state index in [0.717, 1.165) is 6.54 Å². The first-order valence-corrected chi connectivity index (χ1v) is 5.58. The monoisotopic (exact) mass is 236 g/mol. The van der Waals surface area contributed by atoms with Gasteiger partial charge in [0.25, 0.3) is 0 Å². The SMILES string of the molecule is CN1CCN2c3nc(F)ccc3NC(=O)C2C1. The van der Waals surface area contributed by atoms with Crippen molar-refractivity contribution in [2.75, 3.05) is 36.9 Å². The summed E-state index contributed by atoms with van der Waals surface area (Å²) in [5, 5.41) is 2.77. The Kier molecular flexibility index (Phi) is 2.25. The highest BCUT2D eigenvalue weighted by atomic mass is 19.1. The molecule has 90 valence electrons. The highest BCUT2D eigenvalue weighted by Crippen LogP contribution is 2.31. The minimum Gasteiger partial charge on any atom is -0.340 e. The van der Waals surface area contributed by atoms with Crippen LogP contribution >= 0.6 is 0 Å². The Morgan fingerprint density at radius 2 is 2.29 bits per heavy atom. The Morgan fingerprint density at radius 3 is 3.12 bits per heavy atom. The number of pyridine rings is 1. The minimum atomic E-state index is -0.516. The van der Waals surface area contributed by atoms with Crippen molar-refractivity contribution in [3.05, 3.63) is 18.1 Å². The molecular formula is C11H13FN4O. The number of carbonyl (C=O) groups is 1. The fraction of sp³-hybridized carbons (Fsp3) is 0.455. The molecule has 0 spiro atoms. The summed E-state index contributed by atoms with van der Waals surface area (Å²) in [6.07, 6.45) is 0. The van der Waals surface area contributed by atoms with Gasteiger partial charge in [0.1, 0.15) is 6.04 Å². The van der Waals surface area contributed by atoms with E-state index < -0.39 is 5.95 Å². The molecule has 1 aromatic heterocycles. The number of rotatable bonds is 0. The van der Waals surface area contributed by atoms with Crippen LogP contribution in [0.5, 0.6) is 0 Å². The molecule has 0 radical (unpaired) electrons. The average Bonchev–Trinajstić information content (AvgIpc) is 2.30. The second kappa shape index (κ2) is 3.66. The molecule has 1 saturated heterocycles. The van der Waals surface area contributed by atoms with E-state index in [4.69, 9.17) is 0 Å². The van der Waals surface area contributed by atoms with Crippen molar-refractivity contribution in [1.82, 2.24) is 9.88 Å². The van der Waals surface area contributed by atoms with Gasteiger partial charge in [0.2, 0.25) is 11.9 Å². The number of nitrogens with one attached hydrogen (secondary N) is 1. The van der Waals surface area contributed by atoms with Crippen molar-refractivity contribution >= 4 is 17.4 Å². The molecule has 17 heavy (non-hydrogen) atoms. The predicted molar refractivity (Wildman–Crippen MR) is 61.5 cm³/mol. The molecular weight excluding hydrogens is 223 g/mol. The van der Waals surface area contributed by atoms with Crippen molar-refractivity contribution in [2.24, 2.45) is 0 Å². The molecule has 5 nitrogen and oxygen atoms in total. The van der Waals surface area contributed by atoms with Gasteiger partial charge in [-0.1, -0.05) is 0 Å². The number of aromatic nitrogens is 1. The normalized spacial score (nSPS) is 24.0. The first-order chi connectivity index (χ1) is 8.15. The standard InChI is InChI=1S/C11H13FN4O/c1-15-4-5-16-8(6-15)11(17)13-7-2-3-9(12)14-10(7)16/h2-3,8H,4-6H2,1H3,(H,13,17). The fourth-order valence-corrected chi connectivity index (χ4v) is 2.36. The molecule has 1 aromatic rings. The van der Waals surface area contributed by atoms with Gasteiger partial charge < -0.3 is 15.1 Å². The summed E-state index contributed by atoms with van der Waals surface area (Å²) in [5.74, 6) is -0.0160. The lowest BCUT2D eigenvalue weighted by Crippen LogP contribution is -2.59. The van der Waals surface area contributed by atoms with E-state index in [9.17, 15) is 9.18 Å². The number of likely N-dealkylation sites (N-methyl/N-ethyl adjacent to an activating group) is 1. The van der Waals surface area contributed by atoms with Crippen LogP contribution in [0.4, 0.5) is 15.9 Å². The zero-order chi connectivity index (χ0) is 12.0. The molecule has 1 unspecified atom stereocenters. The number of hydrogen-bond donors (Lipinski definition) is 1. The zero-order valence-corrected chi connectivity index (χ0v) is 9.48. The second-order valence-corrected chi connectivity index (χ2v) is 4.47. The fourth-order valence-electron chi connectivity index (χ4n) is 2.36. The molecule has 3 heterocycles. The van der Waals surface area contributed by atoms with Crippen LogP contribution in [0.25, 0.3) is 0 Å². The van der Waals surface area contributed by atoms with Crippen LogP contribution in [0.15, 0.2) is 12.1 Å². The summed E-state index contributed by atoms with van der Waals surface area (Å²) in [5.41, 5.74) is 0.595. The van der Waals surface area contributed by atoms with E-state index in [-0.39, 0.29) is 11.9 Å². The lowest BCUT2D eigenvalue weighted by molar-refractivity contribution is -0.118. The average molecular weight is 236 g/mol. The van der Waals surface area contributed by atoms with Gasteiger partial charge in [-0.3, -0.25) is 4.79 Å². The molecule has 1 fully saturated rings. The van der Waals surface area contributed by atoms with Crippen molar-refractivity contribution in [1.29, 1.82) is 0 Å². The largest absolute Gasteiger partial charge is 0.340 e. The van der Waals surface area contributed by atoms with Gasteiger partial charge in [-0.15, -0.1) is 0 Å². The topological polar surface area (TPSA) is 48.5 Å². The third-order valence-electron chi connectivity index (χ3n) is 3.26. The first kappa shape index (κ1) is 10.5. The molecule has 2 aliphatic rings. The Morgan fingerprint density at radius 1 is 1.47 bits per heavy atom. The molecule has 1 N–H and O–H groups in total. The summed E-state index contributed by atoms with van der Waals surface area (Å²) in [6.45, 7) is 2.18. The Labute approximate surface area is 98.2 Å². The number of piperazine rings is 1. The van der Waals surface area contributed by atoms with E-state index in [1.165, 1.54) is 6.07 Å². The van der Waals surface area contributed by atoms with Gasteiger partial charge in [0.05, 0.1) is 5.69 Å². The molecule has 0 aliphatic carbocycles. The molecule has 0 saturated carbocycles. The summed E-state index contributed by atoms with van der Waals surface area (Å²) in [6, 6.07) is 2.55. The number of hydrogen-bond acceptors (Lipinski definition) is 4.